The molecule has 6 aromatic heterocycles. The van der Waals surface area contributed by atoms with Crippen molar-refractivity contribution >= 4 is 39.8 Å². The molecule has 0 unspecified atom stereocenters. The molecule has 354 valence electrons. The first-order chi connectivity index (χ1) is 34.2. The van der Waals surface area contributed by atoms with Crippen molar-refractivity contribution in [1.29, 1.82) is 0 Å². The van der Waals surface area contributed by atoms with Crippen molar-refractivity contribution < 1.29 is 33.3 Å². The van der Waals surface area contributed by atoms with E-state index >= 15 is 0 Å². The number of aryl methyl sites for hydroxylation is 1. The second-order valence-corrected chi connectivity index (χ2v) is 18.8. The summed E-state index contributed by atoms with van der Waals surface area (Å²) >= 11 is 4.70. The topological polar surface area (TPSA) is 116 Å². The highest BCUT2D eigenvalue weighted by atomic mass is 32.1. The number of halogens is 3. The number of aromatic nitrogens is 3. The molecule has 0 atom stereocenters. The van der Waals surface area contributed by atoms with Crippen LogP contribution in [0.2, 0.25) is 0 Å². The minimum atomic E-state index is -0.292. The fourth-order valence-corrected chi connectivity index (χ4v) is 10.7. The van der Waals surface area contributed by atoms with E-state index in [0.29, 0.717) is 24.1 Å². The van der Waals surface area contributed by atoms with Gasteiger partial charge in [0.05, 0.1) is 16.4 Å². The molecule has 3 N–H and O–H groups in total. The fourth-order valence-electron chi connectivity index (χ4n) is 7.21. The SMILES string of the molecule is O=C(CCCO)c1cc(-c2ccncc2)c(-c2ccc(F)cc2)s1.OCCC#Cc1cc(-c2ccncc2)c(-c2ccc(F)cc2)s1.OCCCCc1cc(-c2ccncc2)c(-c2ccc(F)cc2)s1. The molecular weight excluding hydrogens is 944 g/mol. The van der Waals surface area contributed by atoms with Gasteiger partial charge in [-0.1, -0.05) is 48.2 Å². The van der Waals surface area contributed by atoms with E-state index in [-0.39, 0.29) is 43.1 Å². The van der Waals surface area contributed by atoms with E-state index in [0.717, 1.165) is 88.8 Å². The van der Waals surface area contributed by atoms with Crippen LogP contribution in [-0.4, -0.2) is 55.9 Å². The minimum Gasteiger partial charge on any atom is -0.396 e. The van der Waals surface area contributed by atoms with Crippen LogP contribution in [0.25, 0.3) is 64.7 Å². The number of ketones is 1. The lowest BCUT2D eigenvalue weighted by Crippen LogP contribution is -1.97. The Morgan fingerprint density at radius 3 is 1.36 bits per heavy atom. The van der Waals surface area contributed by atoms with Crippen LogP contribution in [0.15, 0.2) is 165 Å². The van der Waals surface area contributed by atoms with Gasteiger partial charge in [-0.15, -0.1) is 34.0 Å². The van der Waals surface area contributed by atoms with Crippen molar-refractivity contribution in [2.45, 2.75) is 38.5 Å². The Morgan fingerprint density at radius 1 is 0.471 bits per heavy atom. The van der Waals surface area contributed by atoms with Gasteiger partial charge in [0.15, 0.2) is 5.78 Å². The molecule has 6 heterocycles. The summed E-state index contributed by atoms with van der Waals surface area (Å²) in [7, 11) is 0. The molecule has 0 bridgehead atoms. The van der Waals surface area contributed by atoms with Crippen LogP contribution in [0.5, 0.6) is 0 Å². The Kier molecular flexibility index (Phi) is 19.1. The Hall–Kier alpha value is -6.89. The fraction of sp³-hybridized carbons (Fsp3) is 0.158. The predicted octanol–water partition coefficient (Wildman–Crippen LogP) is 13.9. The smallest absolute Gasteiger partial charge is 0.172 e. The maximum absolute atomic E-state index is 13.2. The first kappa shape index (κ1) is 51.0. The number of pyridine rings is 3. The highest BCUT2D eigenvalue weighted by Crippen LogP contribution is 2.42. The lowest BCUT2D eigenvalue weighted by molar-refractivity contribution is 0.0975. The van der Waals surface area contributed by atoms with Crippen LogP contribution >= 0.6 is 34.0 Å². The maximum Gasteiger partial charge on any atom is 0.172 e. The predicted molar refractivity (Wildman–Crippen MR) is 278 cm³/mol. The number of carbonyl (C=O) groups excluding carboxylic acids is 1. The van der Waals surface area contributed by atoms with Crippen LogP contribution in [-0.2, 0) is 6.42 Å². The minimum absolute atomic E-state index is 0.000847. The highest BCUT2D eigenvalue weighted by molar-refractivity contribution is 7.18. The molecule has 0 aliphatic rings. The number of rotatable bonds is 15. The van der Waals surface area contributed by atoms with Crippen LogP contribution < -0.4 is 0 Å². The Morgan fingerprint density at radius 2 is 0.900 bits per heavy atom. The molecule has 0 aliphatic heterocycles. The molecule has 0 saturated heterocycles. The molecule has 0 saturated carbocycles. The number of benzene rings is 3. The van der Waals surface area contributed by atoms with Crippen molar-refractivity contribution in [3.8, 4) is 76.5 Å². The normalized spacial score (nSPS) is 10.6. The summed E-state index contributed by atoms with van der Waals surface area (Å²) in [5, 5.41) is 26.7. The second kappa shape index (κ2) is 26.2. The molecule has 70 heavy (non-hydrogen) atoms. The van der Waals surface area contributed by atoms with Gasteiger partial charge in [0.1, 0.15) is 17.5 Å². The summed E-state index contributed by atoms with van der Waals surface area (Å²) in [6.07, 6.45) is 14.4. The molecule has 3 aromatic carbocycles. The first-order valence-corrected chi connectivity index (χ1v) is 24.9. The zero-order valence-electron chi connectivity index (χ0n) is 37.9. The van der Waals surface area contributed by atoms with Crippen LogP contribution in [0, 0.1) is 29.3 Å². The van der Waals surface area contributed by atoms with E-state index in [4.69, 9.17) is 15.3 Å². The zero-order valence-corrected chi connectivity index (χ0v) is 40.4. The molecule has 0 radical (unpaired) electrons. The van der Waals surface area contributed by atoms with Gasteiger partial charge < -0.3 is 15.3 Å². The van der Waals surface area contributed by atoms with Gasteiger partial charge in [0, 0.05) is 99.4 Å². The summed E-state index contributed by atoms with van der Waals surface area (Å²) in [5.74, 6) is 5.26. The van der Waals surface area contributed by atoms with E-state index in [1.807, 2.05) is 60.7 Å². The van der Waals surface area contributed by atoms with Crippen molar-refractivity contribution in [1.82, 2.24) is 15.0 Å². The number of carbonyl (C=O) groups is 1. The third-order valence-electron chi connectivity index (χ3n) is 10.7. The quantitative estimate of drug-likeness (QED) is 0.0532. The molecule has 0 aliphatic carbocycles. The molecule has 9 aromatic rings. The lowest BCUT2D eigenvalue weighted by atomic mass is 10.0. The maximum atomic E-state index is 13.2. The van der Waals surface area contributed by atoms with Gasteiger partial charge in [-0.05, 0) is 150 Å². The van der Waals surface area contributed by atoms with Gasteiger partial charge >= 0.3 is 0 Å². The molecule has 7 nitrogen and oxygen atoms in total. The third-order valence-corrected chi connectivity index (χ3v) is 14.2. The summed E-state index contributed by atoms with van der Waals surface area (Å²) in [6, 6.07) is 37.1. The molecule has 0 amide bonds. The number of Topliss-reactive ketones (excluding diaryl/α,β-unsaturated/α-hetero) is 1. The largest absolute Gasteiger partial charge is 0.396 e. The number of unbranched alkanes of at least 4 members (excludes halogenated alkanes) is 1. The Bertz CT molecular complexity index is 3100. The van der Waals surface area contributed by atoms with E-state index in [2.05, 4.69) is 32.9 Å². The van der Waals surface area contributed by atoms with E-state index in [9.17, 15) is 18.0 Å². The average Bonchev–Trinajstić information content (AvgIpc) is 4.16. The van der Waals surface area contributed by atoms with Crippen LogP contribution in [0.4, 0.5) is 13.2 Å². The molecule has 9 rings (SSSR count). The van der Waals surface area contributed by atoms with Crippen molar-refractivity contribution in [3.05, 3.63) is 197 Å². The highest BCUT2D eigenvalue weighted by Gasteiger charge is 2.18. The number of thiophene rings is 3. The van der Waals surface area contributed by atoms with Crippen LogP contribution in [0.1, 0.15) is 51.5 Å². The molecule has 0 spiro atoms. The summed E-state index contributed by atoms with van der Waals surface area (Å²) in [6.45, 7) is 0.285. The van der Waals surface area contributed by atoms with E-state index < -0.39 is 0 Å². The van der Waals surface area contributed by atoms with Crippen molar-refractivity contribution in [2.24, 2.45) is 0 Å². The number of aliphatic hydroxyl groups is 3. The Balaban J connectivity index is 0.000000155. The van der Waals surface area contributed by atoms with Gasteiger partial charge in [-0.3, -0.25) is 19.7 Å². The lowest BCUT2D eigenvalue weighted by Gasteiger charge is -2.04. The van der Waals surface area contributed by atoms with Gasteiger partial charge in [-0.2, -0.15) is 0 Å². The number of hydrogen-bond acceptors (Lipinski definition) is 10. The average molecular weight is 992 g/mol. The van der Waals surface area contributed by atoms with E-state index in [1.54, 1.807) is 84.1 Å². The molecular formula is C57H48F3N3O4S3. The van der Waals surface area contributed by atoms with E-state index in [1.165, 1.54) is 52.6 Å². The van der Waals surface area contributed by atoms with Gasteiger partial charge in [0.25, 0.3) is 0 Å². The van der Waals surface area contributed by atoms with Crippen molar-refractivity contribution in [3.63, 3.8) is 0 Å². The number of hydrogen-bond donors (Lipinski definition) is 3. The summed E-state index contributed by atoms with van der Waals surface area (Å²) in [4.78, 5) is 30.4. The molecule has 0 fully saturated rings. The summed E-state index contributed by atoms with van der Waals surface area (Å²) < 4.78 is 39.6. The first-order valence-electron chi connectivity index (χ1n) is 22.5. The monoisotopic (exact) mass is 991 g/mol. The van der Waals surface area contributed by atoms with Crippen molar-refractivity contribution in [2.75, 3.05) is 19.8 Å². The van der Waals surface area contributed by atoms with Gasteiger partial charge in [-0.25, -0.2) is 13.2 Å². The Labute approximate surface area is 417 Å². The number of aliphatic hydroxyl groups excluding tert-OH is 3. The number of nitrogens with zero attached hydrogens (tertiary/aromatic N) is 3. The standard InChI is InChI=1S/C19H16FNO2S.C19H18FNOS.C19H14FNOS/c20-15-5-3-14(4-6-15)19-16(13-7-9-21-10-8-13)12-18(24-19)17(23)2-1-11-22;2*20-16-6-4-15(5-7-16)19-18(14-8-10-21-11-9-14)13-17(23-19)3-1-2-12-22/h3-10,12,22H,1-2,11H2;4-11,13,22H,1-3,12H2;4-11,13,22H,2,12H2. The zero-order chi connectivity index (χ0) is 49.1. The van der Waals surface area contributed by atoms with Crippen LogP contribution in [0.3, 0.4) is 0 Å². The van der Waals surface area contributed by atoms with Gasteiger partial charge in [0.2, 0.25) is 0 Å². The molecule has 13 heteroatoms. The second-order valence-electron chi connectivity index (χ2n) is 15.6. The third kappa shape index (κ3) is 14.1. The summed E-state index contributed by atoms with van der Waals surface area (Å²) in [5.41, 5.74) is 9.11.